The summed E-state index contributed by atoms with van der Waals surface area (Å²) in [6.07, 6.45) is 17.9. The smallest absolute Gasteiger partial charge is 0.131 e. The van der Waals surface area contributed by atoms with Gasteiger partial charge >= 0.3 is 0 Å². The van der Waals surface area contributed by atoms with Crippen molar-refractivity contribution in [2.45, 2.75) is 69.4 Å². The molecule has 0 radical (unpaired) electrons. The van der Waals surface area contributed by atoms with E-state index in [1.165, 1.54) is 66.7 Å². The van der Waals surface area contributed by atoms with Gasteiger partial charge in [0.25, 0.3) is 0 Å². The van der Waals surface area contributed by atoms with E-state index in [1.807, 2.05) is 0 Å². The van der Waals surface area contributed by atoms with Crippen LogP contribution in [-0.2, 0) is 6.42 Å². The van der Waals surface area contributed by atoms with E-state index in [0.717, 1.165) is 79.8 Å². The fourth-order valence-electron chi connectivity index (χ4n) is 9.61. The summed E-state index contributed by atoms with van der Waals surface area (Å²) in [6, 6.07) is 33.5. The van der Waals surface area contributed by atoms with Gasteiger partial charge in [0.15, 0.2) is 0 Å². The number of nitrogens with one attached hydrogen (secondary N) is 1. The van der Waals surface area contributed by atoms with Crippen LogP contribution in [0.25, 0.3) is 33.3 Å². The number of benzene rings is 4. The van der Waals surface area contributed by atoms with E-state index < -0.39 is 0 Å². The highest BCUT2D eigenvalue weighted by atomic mass is 16.5. The van der Waals surface area contributed by atoms with Gasteiger partial charge in [-0.1, -0.05) is 97.1 Å². The van der Waals surface area contributed by atoms with Crippen molar-refractivity contribution in [3.05, 3.63) is 166 Å². The SMILES string of the molecule is C1=CC2=C(CC1)c1c(ccc3c1OC1C=CCCC31)C(c1ccc(-c3ccc4c(n3)C3=C(CCC(c5ccccc5)=N3)CC4)c3ccccc13)N2. The summed E-state index contributed by atoms with van der Waals surface area (Å²) in [6.45, 7) is 0. The van der Waals surface area contributed by atoms with Gasteiger partial charge in [0.2, 0.25) is 0 Å². The molecule has 3 aliphatic carbocycles. The van der Waals surface area contributed by atoms with Gasteiger partial charge in [-0.3, -0.25) is 4.99 Å². The first-order chi connectivity index (χ1) is 25.3. The third kappa shape index (κ3) is 4.58. The topological polar surface area (TPSA) is 46.5 Å². The molecular weight excluding hydrogens is 623 g/mol. The lowest BCUT2D eigenvalue weighted by molar-refractivity contribution is 0.243. The van der Waals surface area contributed by atoms with E-state index in [-0.39, 0.29) is 12.1 Å². The number of fused-ring (bicyclic) bond motifs is 9. The Labute approximate surface area is 299 Å². The monoisotopic (exact) mass is 661 g/mol. The van der Waals surface area contributed by atoms with E-state index in [2.05, 4.69) is 121 Å². The standard InChI is InChI=1S/C47H39N3O/c1-2-10-28(11-3-1)39-26-20-29-18-19-30-21-27-41(49-45(30)44(29)48-39)33-22-23-35(32-13-5-4-12-31(32)33)46-38-25-24-36-34-14-7-9-17-42(34)51-47(36)43(38)37-15-6-8-16-40(37)50-46/h1-5,8-13,16-17,21-25,27,34,42,46,50H,6-7,14-15,18-20,26H2. The van der Waals surface area contributed by atoms with Crippen LogP contribution in [0.1, 0.15) is 96.0 Å². The Bertz CT molecular complexity index is 2450. The molecule has 4 heterocycles. The molecule has 4 aromatic carbocycles. The Morgan fingerprint density at radius 2 is 1.55 bits per heavy atom. The molecule has 4 nitrogen and oxygen atoms in total. The molecule has 3 unspecified atom stereocenters. The third-order valence-electron chi connectivity index (χ3n) is 12.1. The Kier molecular flexibility index (Phi) is 6.62. The molecule has 0 fully saturated rings. The first-order valence-corrected chi connectivity index (χ1v) is 18.8. The maximum atomic E-state index is 6.83. The van der Waals surface area contributed by atoms with E-state index in [0.29, 0.717) is 5.92 Å². The Balaban J connectivity index is 1.03. The molecular formula is C47H39N3O. The lowest BCUT2D eigenvalue weighted by atomic mass is 9.78. The van der Waals surface area contributed by atoms with Crippen LogP contribution < -0.4 is 10.1 Å². The number of rotatable bonds is 3. The second kappa shape index (κ2) is 11.5. The first-order valence-electron chi connectivity index (χ1n) is 18.8. The van der Waals surface area contributed by atoms with Crippen molar-refractivity contribution in [2.75, 3.05) is 0 Å². The molecule has 0 bridgehead atoms. The third-order valence-corrected chi connectivity index (χ3v) is 12.1. The number of pyridine rings is 1. The van der Waals surface area contributed by atoms with Gasteiger partial charge in [0.05, 0.1) is 23.1 Å². The Morgan fingerprint density at radius 1 is 0.706 bits per heavy atom. The van der Waals surface area contributed by atoms with Crippen LogP contribution in [0.15, 0.2) is 132 Å². The number of nitrogens with zero attached hydrogens (tertiary/aromatic N) is 2. The van der Waals surface area contributed by atoms with Gasteiger partial charge in [0, 0.05) is 34.0 Å². The van der Waals surface area contributed by atoms with Crippen LogP contribution in [0.4, 0.5) is 0 Å². The molecule has 1 aromatic heterocycles. The molecule has 6 aliphatic rings. The molecule has 4 heteroatoms. The van der Waals surface area contributed by atoms with Crippen molar-refractivity contribution in [1.29, 1.82) is 0 Å². The molecule has 5 aromatic rings. The average Bonchev–Trinajstić information content (AvgIpc) is 3.59. The molecule has 1 N–H and O–H groups in total. The lowest BCUT2D eigenvalue weighted by Gasteiger charge is -2.34. The van der Waals surface area contributed by atoms with Crippen LogP contribution in [0, 0.1) is 0 Å². The number of aryl methyl sites for hydroxylation is 1. The minimum Gasteiger partial charge on any atom is -0.485 e. The second-order valence-electron chi connectivity index (χ2n) is 14.9. The summed E-state index contributed by atoms with van der Waals surface area (Å²) in [4.78, 5) is 10.7. The van der Waals surface area contributed by atoms with Crippen molar-refractivity contribution in [1.82, 2.24) is 10.3 Å². The van der Waals surface area contributed by atoms with E-state index in [1.54, 1.807) is 0 Å². The highest BCUT2D eigenvalue weighted by Gasteiger charge is 2.40. The van der Waals surface area contributed by atoms with Crippen LogP contribution in [0.5, 0.6) is 5.75 Å². The second-order valence-corrected chi connectivity index (χ2v) is 14.9. The van der Waals surface area contributed by atoms with Crippen molar-refractivity contribution < 1.29 is 4.74 Å². The number of ether oxygens (including phenoxy) is 1. The fourth-order valence-corrected chi connectivity index (χ4v) is 9.61. The molecule has 3 atom stereocenters. The Hall–Kier alpha value is -5.48. The zero-order chi connectivity index (χ0) is 33.5. The molecule has 0 spiro atoms. The summed E-state index contributed by atoms with van der Waals surface area (Å²) >= 11 is 0. The fraction of sp³-hybridized carbons (Fsp3) is 0.234. The summed E-state index contributed by atoms with van der Waals surface area (Å²) in [5, 5.41) is 6.48. The van der Waals surface area contributed by atoms with Crippen LogP contribution in [0.2, 0.25) is 0 Å². The minimum absolute atomic E-state index is 0.00436. The largest absolute Gasteiger partial charge is 0.485 e. The molecule has 3 aliphatic heterocycles. The van der Waals surface area contributed by atoms with Gasteiger partial charge in [-0.2, -0.15) is 0 Å². The summed E-state index contributed by atoms with van der Waals surface area (Å²) < 4.78 is 6.83. The van der Waals surface area contributed by atoms with Crippen molar-refractivity contribution in [2.24, 2.45) is 4.99 Å². The molecule has 11 rings (SSSR count). The van der Waals surface area contributed by atoms with Gasteiger partial charge in [-0.15, -0.1) is 0 Å². The van der Waals surface area contributed by atoms with Crippen molar-refractivity contribution >= 4 is 27.8 Å². The predicted molar refractivity (Wildman–Crippen MR) is 207 cm³/mol. The van der Waals surface area contributed by atoms with E-state index >= 15 is 0 Å². The number of hydrogen-bond donors (Lipinski definition) is 1. The summed E-state index contributed by atoms with van der Waals surface area (Å²) in [5.41, 5.74) is 17.4. The van der Waals surface area contributed by atoms with Gasteiger partial charge in [-0.25, -0.2) is 4.98 Å². The minimum atomic E-state index is 0.00436. The normalized spacial score (nSPS) is 22.6. The lowest BCUT2D eigenvalue weighted by Crippen LogP contribution is -2.28. The average molecular weight is 662 g/mol. The van der Waals surface area contributed by atoms with Crippen LogP contribution in [-0.4, -0.2) is 16.8 Å². The highest BCUT2D eigenvalue weighted by Crippen LogP contribution is 2.53. The predicted octanol–water partition coefficient (Wildman–Crippen LogP) is 10.8. The number of aliphatic imine (C=N–C) groups is 1. The summed E-state index contributed by atoms with van der Waals surface area (Å²) in [7, 11) is 0. The maximum absolute atomic E-state index is 6.83. The van der Waals surface area contributed by atoms with Gasteiger partial charge in [-0.05, 0) is 114 Å². The zero-order valence-electron chi connectivity index (χ0n) is 28.7. The molecule has 0 saturated carbocycles. The molecule has 51 heavy (non-hydrogen) atoms. The molecule has 248 valence electrons. The highest BCUT2D eigenvalue weighted by molar-refractivity contribution is 6.05. The zero-order valence-corrected chi connectivity index (χ0v) is 28.7. The Morgan fingerprint density at radius 3 is 2.49 bits per heavy atom. The van der Waals surface area contributed by atoms with Gasteiger partial charge in [0.1, 0.15) is 11.9 Å². The van der Waals surface area contributed by atoms with Crippen molar-refractivity contribution in [3.8, 4) is 17.0 Å². The maximum Gasteiger partial charge on any atom is 0.131 e. The van der Waals surface area contributed by atoms with Crippen LogP contribution >= 0.6 is 0 Å². The summed E-state index contributed by atoms with van der Waals surface area (Å²) in [5.74, 6) is 1.57. The van der Waals surface area contributed by atoms with E-state index in [4.69, 9.17) is 14.7 Å². The van der Waals surface area contributed by atoms with Crippen molar-refractivity contribution in [3.63, 3.8) is 0 Å². The molecule has 0 saturated heterocycles. The number of allylic oxidation sites excluding steroid dienone is 5. The molecule has 0 amide bonds. The number of hydrogen-bond acceptors (Lipinski definition) is 4. The first kappa shape index (κ1) is 29.3. The quantitative estimate of drug-likeness (QED) is 0.196. The van der Waals surface area contributed by atoms with Gasteiger partial charge < -0.3 is 10.1 Å². The number of aromatic nitrogens is 1. The van der Waals surface area contributed by atoms with E-state index in [9.17, 15) is 0 Å². The van der Waals surface area contributed by atoms with Crippen LogP contribution in [0.3, 0.4) is 0 Å².